The van der Waals surface area contributed by atoms with Crippen LogP contribution in [0.25, 0.3) is 0 Å². The number of nitrogens with zero attached hydrogens (tertiary/aromatic N) is 1. The largest absolute Gasteiger partial charge is 0.490 e. The second-order valence-electron chi connectivity index (χ2n) is 3.97. The van der Waals surface area contributed by atoms with Crippen LogP contribution in [0, 0.1) is 12.8 Å². The number of aryl methyl sites for hydroxylation is 1. The Morgan fingerprint density at radius 3 is 2.60 bits per heavy atom. The molecule has 1 aromatic heterocycles. The van der Waals surface area contributed by atoms with Gasteiger partial charge in [0, 0.05) is 17.2 Å². The first-order chi connectivity index (χ1) is 7.00. The van der Waals surface area contributed by atoms with E-state index in [2.05, 4.69) is 18.8 Å². The zero-order chi connectivity index (χ0) is 11.4. The monoisotopic (exact) mass is 209 g/mol. The molecule has 0 atom stereocenters. The summed E-state index contributed by atoms with van der Waals surface area (Å²) in [4.78, 5) is 4.03. The van der Waals surface area contributed by atoms with E-state index < -0.39 is 7.12 Å². The summed E-state index contributed by atoms with van der Waals surface area (Å²) in [7, 11) is -1.48. The van der Waals surface area contributed by atoms with Crippen molar-refractivity contribution in [1.29, 1.82) is 0 Å². The normalized spacial score (nSPS) is 10.5. The van der Waals surface area contributed by atoms with Crippen LogP contribution in [0.3, 0.4) is 0 Å². The molecule has 1 aromatic rings. The van der Waals surface area contributed by atoms with Crippen molar-refractivity contribution in [2.24, 2.45) is 5.92 Å². The zero-order valence-corrected chi connectivity index (χ0v) is 9.27. The molecule has 0 spiro atoms. The van der Waals surface area contributed by atoms with Crippen molar-refractivity contribution >= 4 is 12.6 Å². The molecule has 0 unspecified atom stereocenters. The van der Waals surface area contributed by atoms with E-state index in [1.165, 1.54) is 6.20 Å². The highest BCUT2D eigenvalue weighted by Crippen LogP contribution is 2.12. The minimum Gasteiger partial charge on any atom is -0.477 e. The first-order valence-electron chi connectivity index (χ1n) is 4.96. The minimum absolute atomic E-state index is 0.379. The molecule has 0 aliphatic carbocycles. The summed E-state index contributed by atoms with van der Waals surface area (Å²) >= 11 is 0. The van der Waals surface area contributed by atoms with Gasteiger partial charge in [-0.2, -0.15) is 0 Å². The van der Waals surface area contributed by atoms with E-state index in [1.807, 2.05) is 6.92 Å². The standard InChI is InChI=1S/C10H16BNO3/c1-7(2)6-15-10-8(3)4-9(5-12-10)11(13)14/h4-5,7,13-14H,6H2,1-3H3. The van der Waals surface area contributed by atoms with Gasteiger partial charge in [0.2, 0.25) is 5.88 Å². The molecule has 0 aliphatic heterocycles. The second-order valence-corrected chi connectivity index (χ2v) is 3.97. The summed E-state index contributed by atoms with van der Waals surface area (Å²) in [6.45, 7) is 6.55. The predicted molar refractivity (Wildman–Crippen MR) is 59.1 cm³/mol. The SMILES string of the molecule is Cc1cc(B(O)O)cnc1OCC(C)C. The Labute approximate surface area is 90.1 Å². The van der Waals surface area contributed by atoms with E-state index >= 15 is 0 Å². The van der Waals surface area contributed by atoms with Gasteiger partial charge in [0.15, 0.2) is 0 Å². The van der Waals surface area contributed by atoms with Crippen molar-refractivity contribution < 1.29 is 14.8 Å². The zero-order valence-electron chi connectivity index (χ0n) is 9.27. The van der Waals surface area contributed by atoms with Crippen LogP contribution in [0.2, 0.25) is 0 Å². The third-order valence-corrected chi connectivity index (χ3v) is 1.90. The van der Waals surface area contributed by atoms with Crippen LogP contribution in [-0.4, -0.2) is 28.8 Å². The lowest BCUT2D eigenvalue weighted by molar-refractivity contribution is 0.259. The van der Waals surface area contributed by atoms with E-state index in [-0.39, 0.29) is 0 Å². The van der Waals surface area contributed by atoms with Crippen molar-refractivity contribution in [3.8, 4) is 5.88 Å². The lowest BCUT2D eigenvalue weighted by atomic mass is 9.81. The fourth-order valence-electron chi connectivity index (χ4n) is 1.12. The van der Waals surface area contributed by atoms with E-state index in [1.54, 1.807) is 6.07 Å². The number of ether oxygens (including phenoxy) is 1. The Bertz CT molecular complexity index is 328. The van der Waals surface area contributed by atoms with Gasteiger partial charge in [-0.15, -0.1) is 0 Å². The maximum Gasteiger partial charge on any atom is 0.490 e. The Kier molecular flexibility index (Phi) is 4.11. The molecule has 15 heavy (non-hydrogen) atoms. The Morgan fingerprint density at radius 2 is 2.13 bits per heavy atom. The summed E-state index contributed by atoms with van der Waals surface area (Å²) in [5.41, 5.74) is 1.19. The van der Waals surface area contributed by atoms with Gasteiger partial charge in [0.05, 0.1) is 6.61 Å². The lowest BCUT2D eigenvalue weighted by Crippen LogP contribution is -2.30. The molecule has 0 amide bonds. The van der Waals surface area contributed by atoms with Crippen molar-refractivity contribution in [3.63, 3.8) is 0 Å². The van der Waals surface area contributed by atoms with Crippen molar-refractivity contribution in [2.75, 3.05) is 6.61 Å². The van der Waals surface area contributed by atoms with Crippen LogP contribution in [0.15, 0.2) is 12.3 Å². The van der Waals surface area contributed by atoms with Gasteiger partial charge in [-0.25, -0.2) is 4.98 Å². The number of pyridine rings is 1. The van der Waals surface area contributed by atoms with E-state index in [0.29, 0.717) is 23.9 Å². The quantitative estimate of drug-likeness (QED) is 0.690. The molecule has 4 nitrogen and oxygen atoms in total. The van der Waals surface area contributed by atoms with Crippen molar-refractivity contribution in [2.45, 2.75) is 20.8 Å². The molecule has 2 N–H and O–H groups in total. The van der Waals surface area contributed by atoms with Crippen LogP contribution in [0.1, 0.15) is 19.4 Å². The average molecular weight is 209 g/mol. The van der Waals surface area contributed by atoms with Crippen molar-refractivity contribution in [1.82, 2.24) is 4.98 Å². The molecule has 5 heteroatoms. The predicted octanol–water partition coefficient (Wildman–Crippen LogP) is 0.105. The number of aromatic nitrogens is 1. The molecule has 1 rings (SSSR count). The number of rotatable bonds is 4. The van der Waals surface area contributed by atoms with Gasteiger partial charge in [-0.05, 0) is 12.8 Å². The van der Waals surface area contributed by atoms with Gasteiger partial charge >= 0.3 is 7.12 Å². The molecule has 0 saturated heterocycles. The highest BCUT2D eigenvalue weighted by atomic mass is 16.5. The second kappa shape index (κ2) is 5.14. The number of hydrogen-bond donors (Lipinski definition) is 2. The molecule has 0 radical (unpaired) electrons. The van der Waals surface area contributed by atoms with Crippen LogP contribution < -0.4 is 10.2 Å². The van der Waals surface area contributed by atoms with E-state index in [4.69, 9.17) is 14.8 Å². The highest BCUT2D eigenvalue weighted by molar-refractivity contribution is 6.58. The minimum atomic E-state index is -1.48. The molecule has 0 aliphatic rings. The van der Waals surface area contributed by atoms with Gasteiger partial charge < -0.3 is 14.8 Å². The summed E-state index contributed by atoms with van der Waals surface area (Å²) in [5, 5.41) is 17.9. The van der Waals surface area contributed by atoms with Crippen molar-refractivity contribution in [3.05, 3.63) is 17.8 Å². The molecule has 0 bridgehead atoms. The summed E-state index contributed by atoms with van der Waals surface area (Å²) in [6.07, 6.45) is 1.41. The van der Waals surface area contributed by atoms with Crippen LogP contribution in [0.5, 0.6) is 5.88 Å². The highest BCUT2D eigenvalue weighted by Gasteiger charge is 2.13. The summed E-state index contributed by atoms with van der Waals surface area (Å²) in [5.74, 6) is 0.988. The fourth-order valence-corrected chi connectivity index (χ4v) is 1.12. The smallest absolute Gasteiger partial charge is 0.477 e. The van der Waals surface area contributed by atoms with Gasteiger partial charge in [-0.1, -0.05) is 19.9 Å². The summed E-state index contributed by atoms with van der Waals surface area (Å²) in [6, 6.07) is 1.66. The molecule has 0 saturated carbocycles. The molecular weight excluding hydrogens is 193 g/mol. The maximum absolute atomic E-state index is 8.93. The Balaban J connectivity index is 2.75. The molecule has 82 valence electrons. The van der Waals surface area contributed by atoms with E-state index in [0.717, 1.165) is 5.56 Å². The number of hydrogen-bond acceptors (Lipinski definition) is 4. The van der Waals surface area contributed by atoms with E-state index in [9.17, 15) is 0 Å². The molecule has 1 heterocycles. The van der Waals surface area contributed by atoms with Crippen LogP contribution >= 0.6 is 0 Å². The third-order valence-electron chi connectivity index (χ3n) is 1.90. The maximum atomic E-state index is 8.93. The van der Waals surface area contributed by atoms with Crippen LogP contribution in [-0.2, 0) is 0 Å². The first kappa shape index (κ1) is 12.0. The Hall–Kier alpha value is -1.07. The lowest BCUT2D eigenvalue weighted by Gasteiger charge is -2.10. The molecule has 0 fully saturated rings. The first-order valence-corrected chi connectivity index (χ1v) is 4.96. The van der Waals surface area contributed by atoms with Gasteiger partial charge in [0.1, 0.15) is 0 Å². The van der Waals surface area contributed by atoms with Gasteiger partial charge in [0.25, 0.3) is 0 Å². The average Bonchev–Trinajstić information content (AvgIpc) is 2.15. The molecular formula is C10H16BNO3. The summed E-state index contributed by atoms with van der Waals surface area (Å²) < 4.78 is 5.46. The molecule has 0 aromatic carbocycles. The van der Waals surface area contributed by atoms with Gasteiger partial charge in [-0.3, -0.25) is 0 Å². The van der Waals surface area contributed by atoms with Crippen LogP contribution in [0.4, 0.5) is 0 Å². The Morgan fingerprint density at radius 1 is 1.47 bits per heavy atom. The fraction of sp³-hybridized carbons (Fsp3) is 0.500. The third kappa shape index (κ3) is 3.53. The topological polar surface area (TPSA) is 62.6 Å².